The second-order valence-electron chi connectivity index (χ2n) is 4.10. The second-order valence-corrected chi connectivity index (χ2v) is 4.48. The summed E-state index contributed by atoms with van der Waals surface area (Å²) in [6, 6.07) is 0. The van der Waals surface area contributed by atoms with Crippen LogP contribution in [0.4, 0.5) is 0 Å². The highest BCUT2D eigenvalue weighted by molar-refractivity contribution is 6.31. The van der Waals surface area contributed by atoms with Crippen LogP contribution in [0.5, 0.6) is 0 Å². The number of halogens is 1. The molecule has 1 rings (SSSR count). The van der Waals surface area contributed by atoms with Crippen molar-refractivity contribution < 1.29 is 4.79 Å². The fourth-order valence-corrected chi connectivity index (χ4v) is 2.22. The normalized spacial score (nSPS) is 12.8. The number of Topliss-reactive ketones (excluding diaryl/α,β-unsaturated/α-hetero) is 1. The number of rotatable bonds is 5. The smallest absolute Gasteiger partial charge is 0.133 e. The molecular formula is C12H19ClN2O. The molecule has 1 unspecified atom stereocenters. The number of hydrogen-bond acceptors (Lipinski definition) is 2. The van der Waals surface area contributed by atoms with Crippen LogP contribution >= 0.6 is 11.6 Å². The molecular weight excluding hydrogens is 224 g/mol. The molecule has 0 radical (unpaired) electrons. The molecule has 1 aromatic rings. The lowest BCUT2D eigenvalue weighted by atomic mass is 9.96. The van der Waals surface area contributed by atoms with Gasteiger partial charge < -0.3 is 0 Å². The second kappa shape index (κ2) is 5.48. The molecule has 4 heteroatoms. The van der Waals surface area contributed by atoms with Gasteiger partial charge in [0.25, 0.3) is 0 Å². The lowest BCUT2D eigenvalue weighted by molar-refractivity contribution is -0.120. The van der Waals surface area contributed by atoms with E-state index in [1.807, 2.05) is 20.9 Å². The van der Waals surface area contributed by atoms with Crippen LogP contribution in [0, 0.1) is 5.92 Å². The molecule has 0 spiro atoms. The van der Waals surface area contributed by atoms with Crippen LogP contribution in [0.25, 0.3) is 0 Å². The summed E-state index contributed by atoms with van der Waals surface area (Å²) >= 11 is 6.24. The van der Waals surface area contributed by atoms with Crippen molar-refractivity contribution in [3.05, 3.63) is 16.4 Å². The van der Waals surface area contributed by atoms with Gasteiger partial charge in [-0.05, 0) is 19.8 Å². The first-order valence-electron chi connectivity index (χ1n) is 5.71. The first-order valence-corrected chi connectivity index (χ1v) is 6.09. The minimum absolute atomic E-state index is 0.0533. The molecule has 0 fully saturated rings. The number of nitrogens with zero attached hydrogens (tertiary/aromatic N) is 2. The van der Waals surface area contributed by atoms with E-state index in [9.17, 15) is 4.79 Å². The van der Waals surface area contributed by atoms with Crippen molar-refractivity contribution >= 4 is 17.4 Å². The standard InChI is InChI=1S/C12H19ClN2O/c1-5-9(8(3)16)7-11-12(13)10(6-2)14-15(11)4/h9H,5-7H2,1-4H3. The number of aromatic nitrogens is 2. The van der Waals surface area contributed by atoms with Crippen molar-refractivity contribution in [2.24, 2.45) is 13.0 Å². The third kappa shape index (κ3) is 2.64. The first-order chi connectivity index (χ1) is 7.51. The van der Waals surface area contributed by atoms with Crippen LogP contribution in [0.15, 0.2) is 0 Å². The van der Waals surface area contributed by atoms with Gasteiger partial charge in [-0.3, -0.25) is 9.48 Å². The van der Waals surface area contributed by atoms with Crippen molar-refractivity contribution in [1.82, 2.24) is 9.78 Å². The molecule has 0 N–H and O–H groups in total. The molecule has 0 saturated heterocycles. The zero-order valence-corrected chi connectivity index (χ0v) is 11.1. The predicted molar refractivity (Wildman–Crippen MR) is 65.8 cm³/mol. The zero-order chi connectivity index (χ0) is 12.3. The molecule has 3 nitrogen and oxygen atoms in total. The van der Waals surface area contributed by atoms with Gasteiger partial charge in [0.1, 0.15) is 5.78 Å². The molecule has 1 atom stereocenters. The van der Waals surface area contributed by atoms with Gasteiger partial charge in [-0.25, -0.2) is 0 Å². The van der Waals surface area contributed by atoms with E-state index in [0.29, 0.717) is 6.42 Å². The summed E-state index contributed by atoms with van der Waals surface area (Å²) in [5, 5.41) is 5.08. The number of aryl methyl sites for hydroxylation is 2. The minimum Gasteiger partial charge on any atom is -0.300 e. The van der Waals surface area contributed by atoms with Gasteiger partial charge in [-0.2, -0.15) is 5.10 Å². The Hall–Kier alpha value is -0.830. The molecule has 16 heavy (non-hydrogen) atoms. The van der Waals surface area contributed by atoms with Crippen LogP contribution in [-0.2, 0) is 24.7 Å². The molecule has 90 valence electrons. The number of carbonyl (C=O) groups is 1. The van der Waals surface area contributed by atoms with Crippen molar-refractivity contribution in [2.75, 3.05) is 0 Å². The van der Waals surface area contributed by atoms with Crippen LogP contribution in [-0.4, -0.2) is 15.6 Å². The molecule has 0 aromatic carbocycles. The van der Waals surface area contributed by atoms with E-state index in [1.54, 1.807) is 11.6 Å². The summed E-state index contributed by atoms with van der Waals surface area (Å²) in [4.78, 5) is 11.4. The Bertz CT molecular complexity index is 385. The Kier molecular flexibility index (Phi) is 4.54. The number of ketones is 1. The van der Waals surface area contributed by atoms with Gasteiger partial charge in [0.2, 0.25) is 0 Å². The van der Waals surface area contributed by atoms with Gasteiger partial charge in [-0.1, -0.05) is 25.4 Å². The van der Waals surface area contributed by atoms with E-state index in [-0.39, 0.29) is 11.7 Å². The van der Waals surface area contributed by atoms with Gasteiger partial charge in [0.15, 0.2) is 0 Å². The van der Waals surface area contributed by atoms with E-state index < -0.39 is 0 Å². The fraction of sp³-hybridized carbons (Fsp3) is 0.667. The van der Waals surface area contributed by atoms with Gasteiger partial charge in [0, 0.05) is 19.4 Å². The van der Waals surface area contributed by atoms with Crippen LogP contribution in [0.3, 0.4) is 0 Å². The van der Waals surface area contributed by atoms with Crippen molar-refractivity contribution in [1.29, 1.82) is 0 Å². The highest BCUT2D eigenvalue weighted by Crippen LogP contribution is 2.24. The number of hydrogen-bond donors (Lipinski definition) is 0. The monoisotopic (exact) mass is 242 g/mol. The third-order valence-corrected chi connectivity index (χ3v) is 3.45. The molecule has 0 aliphatic rings. The van der Waals surface area contributed by atoms with Crippen molar-refractivity contribution in [3.63, 3.8) is 0 Å². The average Bonchev–Trinajstić information content (AvgIpc) is 2.51. The van der Waals surface area contributed by atoms with Gasteiger partial charge in [0.05, 0.1) is 16.4 Å². The summed E-state index contributed by atoms with van der Waals surface area (Å²) in [6.07, 6.45) is 2.36. The SMILES string of the molecule is CCc1nn(C)c(CC(CC)C(C)=O)c1Cl. The fourth-order valence-electron chi connectivity index (χ4n) is 1.85. The van der Waals surface area contributed by atoms with Crippen LogP contribution in [0.1, 0.15) is 38.6 Å². The van der Waals surface area contributed by atoms with E-state index in [4.69, 9.17) is 11.6 Å². The average molecular weight is 243 g/mol. The van der Waals surface area contributed by atoms with E-state index in [1.165, 1.54) is 0 Å². The van der Waals surface area contributed by atoms with Gasteiger partial charge in [-0.15, -0.1) is 0 Å². The van der Waals surface area contributed by atoms with Crippen LogP contribution < -0.4 is 0 Å². The maximum Gasteiger partial charge on any atom is 0.133 e. The predicted octanol–water partition coefficient (Wildman–Crippen LogP) is 2.79. The Labute approximate surface area is 102 Å². The summed E-state index contributed by atoms with van der Waals surface area (Å²) in [7, 11) is 1.88. The van der Waals surface area contributed by atoms with Crippen LogP contribution in [0.2, 0.25) is 5.02 Å². The topological polar surface area (TPSA) is 34.9 Å². The lowest BCUT2D eigenvalue weighted by Crippen LogP contribution is -2.15. The largest absolute Gasteiger partial charge is 0.300 e. The highest BCUT2D eigenvalue weighted by Gasteiger charge is 2.19. The molecule has 0 aliphatic heterocycles. The molecule has 0 bridgehead atoms. The molecule has 0 amide bonds. The Morgan fingerprint density at radius 2 is 2.12 bits per heavy atom. The van der Waals surface area contributed by atoms with Gasteiger partial charge >= 0.3 is 0 Å². The molecule has 0 aliphatic carbocycles. The zero-order valence-electron chi connectivity index (χ0n) is 10.4. The maximum absolute atomic E-state index is 11.4. The summed E-state index contributed by atoms with van der Waals surface area (Å²) < 4.78 is 1.80. The third-order valence-electron chi connectivity index (χ3n) is 3.01. The van der Waals surface area contributed by atoms with Crippen molar-refractivity contribution in [3.8, 4) is 0 Å². The van der Waals surface area contributed by atoms with E-state index >= 15 is 0 Å². The minimum atomic E-state index is 0.0533. The summed E-state index contributed by atoms with van der Waals surface area (Å²) in [5.74, 6) is 0.274. The molecule has 1 aromatic heterocycles. The Morgan fingerprint density at radius 1 is 1.50 bits per heavy atom. The summed E-state index contributed by atoms with van der Waals surface area (Å²) in [5.41, 5.74) is 1.89. The first kappa shape index (κ1) is 13.2. The maximum atomic E-state index is 11.4. The Balaban J connectivity index is 2.96. The quantitative estimate of drug-likeness (QED) is 0.796. The lowest BCUT2D eigenvalue weighted by Gasteiger charge is -2.11. The van der Waals surface area contributed by atoms with Crippen molar-refractivity contribution in [2.45, 2.75) is 40.0 Å². The number of carbonyl (C=O) groups excluding carboxylic acids is 1. The highest BCUT2D eigenvalue weighted by atomic mass is 35.5. The Morgan fingerprint density at radius 3 is 2.50 bits per heavy atom. The summed E-state index contributed by atoms with van der Waals surface area (Å²) in [6.45, 7) is 5.69. The van der Waals surface area contributed by atoms with E-state index in [2.05, 4.69) is 5.10 Å². The molecule has 1 heterocycles. The van der Waals surface area contributed by atoms with E-state index in [0.717, 1.165) is 29.3 Å². The molecule has 0 saturated carbocycles.